The molecule has 0 aromatic heterocycles. The van der Waals surface area contributed by atoms with Gasteiger partial charge in [0.25, 0.3) is 0 Å². The zero-order valence-electron chi connectivity index (χ0n) is 12.8. The molecule has 2 N–H and O–H groups in total. The maximum Gasteiger partial charge on any atom is 0.225 e. The number of nitrogens with two attached hydrogens (primary N) is 1. The van der Waals surface area contributed by atoms with Crippen LogP contribution in [-0.4, -0.2) is 54.0 Å². The van der Waals surface area contributed by atoms with E-state index < -0.39 is 0 Å². The van der Waals surface area contributed by atoms with Gasteiger partial charge < -0.3 is 10.6 Å². The first kappa shape index (κ1) is 14.3. The van der Waals surface area contributed by atoms with E-state index in [1.54, 1.807) is 0 Å². The predicted octanol–water partition coefficient (Wildman–Crippen LogP) is 1.45. The molecule has 0 radical (unpaired) electrons. The van der Waals surface area contributed by atoms with E-state index in [9.17, 15) is 4.79 Å². The lowest BCUT2D eigenvalue weighted by molar-refractivity contribution is -0.139. The normalized spacial score (nSPS) is 36.7. The molecule has 4 heteroatoms. The molecule has 3 aliphatic rings. The summed E-state index contributed by atoms with van der Waals surface area (Å²) in [6.45, 7) is 6.33. The van der Waals surface area contributed by atoms with Crippen molar-refractivity contribution in [3.8, 4) is 0 Å². The van der Waals surface area contributed by atoms with Crippen molar-refractivity contribution in [2.45, 2.75) is 57.5 Å². The van der Waals surface area contributed by atoms with E-state index >= 15 is 0 Å². The second kappa shape index (κ2) is 6.02. The Morgan fingerprint density at radius 3 is 2.80 bits per heavy atom. The molecule has 0 aromatic carbocycles. The quantitative estimate of drug-likeness (QED) is 0.832. The van der Waals surface area contributed by atoms with Gasteiger partial charge in [-0.05, 0) is 44.6 Å². The number of rotatable bonds is 2. The Morgan fingerprint density at radius 1 is 1.15 bits per heavy atom. The van der Waals surface area contributed by atoms with Gasteiger partial charge in [0.2, 0.25) is 5.91 Å². The highest BCUT2D eigenvalue weighted by Gasteiger charge is 2.36. The molecule has 0 aromatic rings. The minimum absolute atomic E-state index is 0.161. The SMILES string of the molecule is CC(C(=O)N1CCN2CCCC2C1)C1CCCC(N)C1. The molecule has 4 nitrogen and oxygen atoms in total. The van der Waals surface area contributed by atoms with E-state index in [1.165, 1.54) is 32.2 Å². The lowest BCUT2D eigenvalue weighted by Gasteiger charge is -2.40. The van der Waals surface area contributed by atoms with Crippen molar-refractivity contribution in [3.63, 3.8) is 0 Å². The summed E-state index contributed by atoms with van der Waals surface area (Å²) in [7, 11) is 0. The zero-order chi connectivity index (χ0) is 14.1. The molecule has 4 atom stereocenters. The summed E-state index contributed by atoms with van der Waals surface area (Å²) in [6.07, 6.45) is 7.13. The Balaban J connectivity index is 1.57. The highest BCUT2D eigenvalue weighted by Crippen LogP contribution is 2.31. The fraction of sp³-hybridized carbons (Fsp3) is 0.938. The molecule has 2 aliphatic heterocycles. The number of nitrogens with zero attached hydrogens (tertiary/aromatic N) is 2. The highest BCUT2D eigenvalue weighted by molar-refractivity contribution is 5.79. The van der Waals surface area contributed by atoms with Crippen molar-refractivity contribution in [1.82, 2.24) is 9.80 Å². The molecule has 1 amide bonds. The first-order chi connectivity index (χ1) is 9.65. The van der Waals surface area contributed by atoms with Crippen molar-refractivity contribution < 1.29 is 4.79 Å². The van der Waals surface area contributed by atoms with Crippen LogP contribution in [0.15, 0.2) is 0 Å². The van der Waals surface area contributed by atoms with Gasteiger partial charge in [0, 0.05) is 37.6 Å². The Labute approximate surface area is 122 Å². The topological polar surface area (TPSA) is 49.6 Å². The van der Waals surface area contributed by atoms with Crippen LogP contribution in [0.5, 0.6) is 0 Å². The fourth-order valence-corrected chi connectivity index (χ4v) is 4.40. The van der Waals surface area contributed by atoms with Crippen molar-refractivity contribution in [1.29, 1.82) is 0 Å². The van der Waals surface area contributed by atoms with Crippen molar-refractivity contribution >= 4 is 5.91 Å². The molecule has 2 heterocycles. The minimum Gasteiger partial charge on any atom is -0.340 e. The number of carbonyl (C=O) groups is 1. The third kappa shape index (κ3) is 2.86. The molecule has 0 bridgehead atoms. The number of hydrogen-bond donors (Lipinski definition) is 1. The smallest absolute Gasteiger partial charge is 0.225 e. The molecule has 20 heavy (non-hydrogen) atoms. The summed E-state index contributed by atoms with van der Waals surface area (Å²) in [4.78, 5) is 17.5. The average molecular weight is 279 g/mol. The van der Waals surface area contributed by atoms with E-state index in [0.717, 1.165) is 32.5 Å². The molecule has 2 saturated heterocycles. The van der Waals surface area contributed by atoms with Gasteiger partial charge in [0.15, 0.2) is 0 Å². The van der Waals surface area contributed by atoms with Crippen LogP contribution in [0.2, 0.25) is 0 Å². The monoisotopic (exact) mass is 279 g/mol. The van der Waals surface area contributed by atoms with Gasteiger partial charge in [-0.2, -0.15) is 0 Å². The molecule has 114 valence electrons. The van der Waals surface area contributed by atoms with Gasteiger partial charge in [-0.15, -0.1) is 0 Å². The van der Waals surface area contributed by atoms with E-state index in [2.05, 4.69) is 16.7 Å². The van der Waals surface area contributed by atoms with Gasteiger partial charge in [-0.3, -0.25) is 9.69 Å². The largest absolute Gasteiger partial charge is 0.340 e. The van der Waals surface area contributed by atoms with Gasteiger partial charge >= 0.3 is 0 Å². The summed E-state index contributed by atoms with van der Waals surface area (Å²) < 4.78 is 0. The van der Waals surface area contributed by atoms with Crippen LogP contribution >= 0.6 is 0 Å². The summed E-state index contributed by atoms with van der Waals surface area (Å²) in [5.41, 5.74) is 6.08. The molecular formula is C16H29N3O. The maximum absolute atomic E-state index is 12.8. The van der Waals surface area contributed by atoms with Crippen LogP contribution < -0.4 is 5.73 Å². The first-order valence-electron chi connectivity index (χ1n) is 8.43. The second-order valence-electron chi connectivity index (χ2n) is 7.09. The number of amides is 1. The van der Waals surface area contributed by atoms with Crippen molar-refractivity contribution in [3.05, 3.63) is 0 Å². The second-order valence-corrected chi connectivity index (χ2v) is 7.09. The van der Waals surface area contributed by atoms with Crippen LogP contribution in [-0.2, 0) is 4.79 Å². The van der Waals surface area contributed by atoms with E-state index in [-0.39, 0.29) is 5.92 Å². The van der Waals surface area contributed by atoms with Crippen LogP contribution in [0, 0.1) is 11.8 Å². The number of hydrogen-bond acceptors (Lipinski definition) is 3. The lowest BCUT2D eigenvalue weighted by atomic mass is 9.78. The summed E-state index contributed by atoms with van der Waals surface area (Å²) in [5.74, 6) is 1.05. The van der Waals surface area contributed by atoms with Crippen molar-refractivity contribution in [2.24, 2.45) is 17.6 Å². The molecule has 0 spiro atoms. The maximum atomic E-state index is 12.8. The highest BCUT2D eigenvalue weighted by atomic mass is 16.2. The number of piperazine rings is 1. The lowest BCUT2D eigenvalue weighted by Crippen LogP contribution is -2.54. The van der Waals surface area contributed by atoms with E-state index in [1.807, 2.05) is 0 Å². The third-order valence-electron chi connectivity index (χ3n) is 5.75. The van der Waals surface area contributed by atoms with Crippen LogP contribution in [0.25, 0.3) is 0 Å². The third-order valence-corrected chi connectivity index (χ3v) is 5.75. The van der Waals surface area contributed by atoms with Crippen molar-refractivity contribution in [2.75, 3.05) is 26.2 Å². The van der Waals surface area contributed by atoms with Gasteiger partial charge in [0.1, 0.15) is 0 Å². The van der Waals surface area contributed by atoms with Gasteiger partial charge in [0.05, 0.1) is 0 Å². The van der Waals surface area contributed by atoms with E-state index in [4.69, 9.17) is 5.73 Å². The Hall–Kier alpha value is -0.610. The molecule has 3 fully saturated rings. The average Bonchev–Trinajstić information content (AvgIpc) is 2.93. The molecule has 4 unspecified atom stereocenters. The Morgan fingerprint density at radius 2 is 2.00 bits per heavy atom. The summed E-state index contributed by atoms with van der Waals surface area (Å²) >= 11 is 0. The number of carbonyl (C=O) groups excluding carboxylic acids is 1. The van der Waals surface area contributed by atoms with E-state index in [0.29, 0.717) is 23.9 Å². The fourth-order valence-electron chi connectivity index (χ4n) is 4.40. The molecule has 3 rings (SSSR count). The Bertz CT molecular complexity index is 356. The Kier molecular flexibility index (Phi) is 4.32. The first-order valence-corrected chi connectivity index (χ1v) is 8.43. The van der Waals surface area contributed by atoms with Crippen LogP contribution in [0.3, 0.4) is 0 Å². The summed E-state index contributed by atoms with van der Waals surface area (Å²) in [6, 6.07) is 0.948. The van der Waals surface area contributed by atoms with Gasteiger partial charge in [-0.1, -0.05) is 13.3 Å². The van der Waals surface area contributed by atoms with Gasteiger partial charge in [-0.25, -0.2) is 0 Å². The summed E-state index contributed by atoms with van der Waals surface area (Å²) in [5, 5.41) is 0. The molecule has 1 saturated carbocycles. The molecular weight excluding hydrogens is 250 g/mol. The standard InChI is InChI=1S/C16H29N3O/c1-12(13-4-2-5-14(17)10-13)16(20)19-9-8-18-7-3-6-15(18)11-19/h12-15H,2-11,17H2,1H3. The predicted molar refractivity (Wildman–Crippen MR) is 80.3 cm³/mol. The zero-order valence-corrected chi connectivity index (χ0v) is 12.8. The van der Waals surface area contributed by atoms with Crippen LogP contribution in [0.4, 0.5) is 0 Å². The molecule has 1 aliphatic carbocycles. The minimum atomic E-state index is 0.161. The van der Waals surface area contributed by atoms with Crippen LogP contribution in [0.1, 0.15) is 45.4 Å². The number of fused-ring (bicyclic) bond motifs is 1.